The van der Waals surface area contributed by atoms with Crippen LogP contribution >= 0.6 is 11.6 Å². The molecule has 3 rings (SSSR count). The van der Waals surface area contributed by atoms with Crippen molar-refractivity contribution < 1.29 is 22.7 Å². The molecule has 1 aliphatic heterocycles. The number of methoxy groups -OCH3 is 2. The summed E-state index contributed by atoms with van der Waals surface area (Å²) >= 11 is 6.01. The first-order valence-electron chi connectivity index (χ1n) is 9.98. The van der Waals surface area contributed by atoms with Gasteiger partial charge in [-0.2, -0.15) is 4.31 Å². The van der Waals surface area contributed by atoms with Gasteiger partial charge in [0.1, 0.15) is 16.4 Å². The maximum atomic E-state index is 13.1. The van der Waals surface area contributed by atoms with E-state index < -0.39 is 10.0 Å². The number of sulfonamides is 1. The van der Waals surface area contributed by atoms with E-state index in [4.69, 9.17) is 21.1 Å². The molecule has 1 amide bonds. The van der Waals surface area contributed by atoms with Crippen LogP contribution < -0.4 is 9.47 Å². The molecule has 2 aromatic carbocycles. The van der Waals surface area contributed by atoms with Gasteiger partial charge in [0, 0.05) is 37.6 Å². The number of rotatable bonds is 7. The Morgan fingerprint density at radius 3 is 2.32 bits per heavy atom. The summed E-state index contributed by atoms with van der Waals surface area (Å²) in [7, 11) is 1.04. The molecule has 0 aromatic heterocycles. The van der Waals surface area contributed by atoms with Gasteiger partial charge in [0.15, 0.2) is 0 Å². The van der Waals surface area contributed by atoms with Crippen LogP contribution in [0.2, 0.25) is 5.02 Å². The fraction of sp³-hybridized carbons (Fsp3) is 0.409. The largest absolute Gasteiger partial charge is 0.497 e. The lowest BCUT2D eigenvalue weighted by Crippen LogP contribution is -2.43. The van der Waals surface area contributed by atoms with E-state index >= 15 is 0 Å². The SMILES string of the molecule is COc1ccc(CN(C)C(=O)C2CCN(S(=O)(=O)c3cc(Cl)ccc3OC)CC2)cc1. The van der Waals surface area contributed by atoms with Gasteiger partial charge in [0.25, 0.3) is 0 Å². The second-order valence-electron chi connectivity index (χ2n) is 7.52. The van der Waals surface area contributed by atoms with Crippen molar-refractivity contribution in [1.29, 1.82) is 0 Å². The lowest BCUT2D eigenvalue weighted by atomic mass is 9.96. The zero-order valence-corrected chi connectivity index (χ0v) is 19.4. The Morgan fingerprint density at radius 1 is 1.10 bits per heavy atom. The molecule has 7 nitrogen and oxygen atoms in total. The average Bonchev–Trinajstić information content (AvgIpc) is 2.79. The monoisotopic (exact) mass is 466 g/mol. The van der Waals surface area contributed by atoms with Crippen molar-refractivity contribution in [2.24, 2.45) is 5.92 Å². The van der Waals surface area contributed by atoms with Crippen LogP contribution in [0, 0.1) is 5.92 Å². The van der Waals surface area contributed by atoms with Crippen molar-refractivity contribution in [3.8, 4) is 11.5 Å². The highest BCUT2D eigenvalue weighted by molar-refractivity contribution is 7.89. The Hall–Kier alpha value is -2.29. The van der Waals surface area contributed by atoms with Crippen molar-refractivity contribution >= 4 is 27.5 Å². The summed E-state index contributed by atoms with van der Waals surface area (Å²) in [5.74, 6) is 0.827. The number of carbonyl (C=O) groups is 1. The predicted molar refractivity (Wildman–Crippen MR) is 119 cm³/mol. The van der Waals surface area contributed by atoms with E-state index in [0.29, 0.717) is 24.4 Å². The summed E-state index contributed by atoms with van der Waals surface area (Å²) in [5, 5.41) is 0.324. The highest BCUT2D eigenvalue weighted by atomic mass is 35.5. The van der Waals surface area contributed by atoms with Crippen LogP contribution in [0.25, 0.3) is 0 Å². The third-order valence-corrected chi connectivity index (χ3v) is 7.66. The van der Waals surface area contributed by atoms with E-state index in [1.165, 1.54) is 17.5 Å². The first kappa shape index (κ1) is 23.4. The van der Waals surface area contributed by atoms with Crippen molar-refractivity contribution in [1.82, 2.24) is 9.21 Å². The molecule has 0 radical (unpaired) electrons. The molecule has 1 fully saturated rings. The first-order valence-corrected chi connectivity index (χ1v) is 11.8. The highest BCUT2D eigenvalue weighted by Gasteiger charge is 2.34. The van der Waals surface area contributed by atoms with Gasteiger partial charge in [-0.1, -0.05) is 23.7 Å². The minimum absolute atomic E-state index is 0.0215. The molecule has 1 heterocycles. The molecule has 0 atom stereocenters. The van der Waals surface area contributed by atoms with Crippen molar-refractivity contribution in [3.05, 3.63) is 53.1 Å². The Labute approximate surface area is 188 Å². The molecule has 0 aliphatic carbocycles. The summed E-state index contributed by atoms with van der Waals surface area (Å²) in [6.07, 6.45) is 0.932. The van der Waals surface area contributed by atoms with Crippen LogP contribution in [-0.4, -0.2) is 57.9 Å². The van der Waals surface area contributed by atoms with Crippen molar-refractivity contribution in [2.45, 2.75) is 24.3 Å². The maximum Gasteiger partial charge on any atom is 0.246 e. The lowest BCUT2D eigenvalue weighted by molar-refractivity contribution is -0.135. The maximum absolute atomic E-state index is 13.1. The Bertz CT molecular complexity index is 1020. The minimum Gasteiger partial charge on any atom is -0.497 e. The van der Waals surface area contributed by atoms with Crippen molar-refractivity contribution in [3.63, 3.8) is 0 Å². The molecule has 0 unspecified atom stereocenters. The predicted octanol–water partition coefficient (Wildman–Crippen LogP) is 3.42. The molecule has 0 saturated carbocycles. The average molecular weight is 467 g/mol. The number of halogens is 1. The number of hydrogen-bond donors (Lipinski definition) is 0. The topological polar surface area (TPSA) is 76.2 Å². The van der Waals surface area contributed by atoms with Crippen LogP contribution in [0.15, 0.2) is 47.4 Å². The molecule has 9 heteroatoms. The molecular weight excluding hydrogens is 440 g/mol. The number of hydrogen-bond acceptors (Lipinski definition) is 5. The molecule has 2 aromatic rings. The van der Waals surface area contributed by atoms with E-state index in [1.807, 2.05) is 24.3 Å². The normalized spacial score (nSPS) is 15.5. The second-order valence-corrected chi connectivity index (χ2v) is 9.86. The second kappa shape index (κ2) is 9.89. The van der Waals surface area contributed by atoms with E-state index in [-0.39, 0.29) is 35.6 Å². The summed E-state index contributed by atoms with van der Waals surface area (Å²) in [6, 6.07) is 12.1. The van der Waals surface area contributed by atoms with Crippen LogP contribution in [0.4, 0.5) is 0 Å². The fourth-order valence-electron chi connectivity index (χ4n) is 3.73. The van der Waals surface area contributed by atoms with Gasteiger partial charge in [-0.25, -0.2) is 8.42 Å². The zero-order chi connectivity index (χ0) is 22.6. The summed E-state index contributed by atoms with van der Waals surface area (Å²) < 4.78 is 38.0. The third kappa shape index (κ3) is 5.31. The van der Waals surface area contributed by atoms with Crippen molar-refractivity contribution in [2.75, 3.05) is 34.4 Å². The van der Waals surface area contributed by atoms with Gasteiger partial charge >= 0.3 is 0 Å². The van der Waals surface area contributed by atoms with Crippen LogP contribution in [0.3, 0.4) is 0 Å². The smallest absolute Gasteiger partial charge is 0.246 e. The highest BCUT2D eigenvalue weighted by Crippen LogP contribution is 2.32. The first-order chi connectivity index (χ1) is 14.8. The summed E-state index contributed by atoms with van der Waals surface area (Å²) in [5.41, 5.74) is 1.00. The van der Waals surface area contributed by atoms with Gasteiger partial charge in [0.2, 0.25) is 15.9 Å². The number of nitrogens with zero attached hydrogens (tertiary/aromatic N) is 2. The molecule has 0 bridgehead atoms. The number of carbonyl (C=O) groups excluding carboxylic acids is 1. The molecular formula is C22H27ClN2O5S. The number of benzene rings is 2. The van der Waals surface area contributed by atoms with E-state index in [1.54, 1.807) is 31.2 Å². The van der Waals surface area contributed by atoms with Gasteiger partial charge in [-0.05, 0) is 48.7 Å². The van der Waals surface area contributed by atoms with Gasteiger partial charge in [-0.15, -0.1) is 0 Å². The van der Waals surface area contributed by atoms with Gasteiger partial charge in [-0.3, -0.25) is 4.79 Å². The molecule has 1 aliphatic rings. The number of piperidine rings is 1. The number of ether oxygens (including phenoxy) is 2. The molecule has 31 heavy (non-hydrogen) atoms. The molecule has 168 valence electrons. The summed E-state index contributed by atoms with van der Waals surface area (Å²) in [4.78, 5) is 14.6. The molecule has 0 spiro atoms. The molecule has 0 N–H and O–H groups in total. The third-order valence-electron chi connectivity index (χ3n) is 5.50. The van der Waals surface area contributed by atoms with Gasteiger partial charge < -0.3 is 14.4 Å². The number of amides is 1. The standard InChI is InChI=1S/C22H27ClN2O5S/c1-24(15-16-4-7-19(29-2)8-5-16)22(26)17-10-12-25(13-11-17)31(27,28)21-14-18(23)6-9-20(21)30-3/h4-9,14,17H,10-13,15H2,1-3H3. The Kier molecular flexibility index (Phi) is 7.46. The van der Waals surface area contributed by atoms with E-state index in [9.17, 15) is 13.2 Å². The molecule has 1 saturated heterocycles. The van der Waals surface area contributed by atoms with Crippen LogP contribution in [-0.2, 0) is 21.4 Å². The quantitative estimate of drug-likeness (QED) is 0.625. The van der Waals surface area contributed by atoms with E-state index in [0.717, 1.165) is 11.3 Å². The summed E-state index contributed by atoms with van der Waals surface area (Å²) in [6.45, 7) is 1.02. The van der Waals surface area contributed by atoms with Crippen LogP contribution in [0.1, 0.15) is 18.4 Å². The van der Waals surface area contributed by atoms with Gasteiger partial charge in [0.05, 0.1) is 14.2 Å². The van der Waals surface area contributed by atoms with E-state index in [2.05, 4.69) is 0 Å². The minimum atomic E-state index is -3.76. The Balaban J connectivity index is 1.63. The zero-order valence-electron chi connectivity index (χ0n) is 17.9. The lowest BCUT2D eigenvalue weighted by Gasteiger charge is -2.32. The van der Waals surface area contributed by atoms with Crippen LogP contribution in [0.5, 0.6) is 11.5 Å². The fourth-order valence-corrected chi connectivity index (χ4v) is 5.62. The Morgan fingerprint density at radius 2 is 1.74 bits per heavy atom.